The molecule has 0 spiro atoms. The third-order valence-electron chi connectivity index (χ3n) is 4.06. The van der Waals surface area contributed by atoms with Gasteiger partial charge < -0.3 is 15.0 Å². The number of ether oxygens (including phenoxy) is 1. The lowest BCUT2D eigenvalue weighted by Crippen LogP contribution is -2.40. The summed E-state index contributed by atoms with van der Waals surface area (Å²) in [5, 5.41) is 3.87. The number of amides is 1. The summed E-state index contributed by atoms with van der Waals surface area (Å²) in [6, 6.07) is 5.53. The molecule has 2 atom stereocenters. The van der Waals surface area contributed by atoms with Gasteiger partial charge in [-0.25, -0.2) is 0 Å². The summed E-state index contributed by atoms with van der Waals surface area (Å²) < 4.78 is 5.77. The first-order valence-corrected chi connectivity index (χ1v) is 7.43. The molecular weight excluding hydrogens is 276 g/mol. The molecule has 0 aromatic heterocycles. The number of carbonyl (C=O) groups is 1. The molecule has 2 heterocycles. The number of fused-ring (bicyclic) bond motifs is 1. The zero-order chi connectivity index (χ0) is 14.1. The molecule has 5 heteroatoms. The van der Waals surface area contributed by atoms with Gasteiger partial charge in [-0.2, -0.15) is 0 Å². The van der Waals surface area contributed by atoms with E-state index >= 15 is 0 Å². The van der Waals surface area contributed by atoms with Gasteiger partial charge in [0.05, 0.1) is 0 Å². The molecule has 2 unspecified atom stereocenters. The van der Waals surface area contributed by atoms with Gasteiger partial charge in [0.1, 0.15) is 5.75 Å². The third kappa shape index (κ3) is 2.63. The van der Waals surface area contributed by atoms with Crippen molar-refractivity contribution in [2.75, 3.05) is 26.7 Å². The predicted molar refractivity (Wildman–Crippen MR) is 78.2 cm³/mol. The van der Waals surface area contributed by atoms with Crippen LogP contribution in [0.2, 0.25) is 5.02 Å². The number of nitrogens with one attached hydrogen (secondary N) is 1. The van der Waals surface area contributed by atoms with Crippen molar-refractivity contribution in [3.05, 3.63) is 28.8 Å². The molecule has 108 valence electrons. The molecule has 0 radical (unpaired) electrons. The van der Waals surface area contributed by atoms with Crippen molar-refractivity contribution >= 4 is 17.5 Å². The van der Waals surface area contributed by atoms with E-state index < -0.39 is 0 Å². The number of carbonyl (C=O) groups excluding carboxylic acids is 1. The zero-order valence-electron chi connectivity index (χ0n) is 11.6. The Morgan fingerprint density at radius 3 is 3.20 bits per heavy atom. The van der Waals surface area contributed by atoms with E-state index in [1.807, 2.05) is 24.1 Å². The molecule has 1 N–H and O–H groups in total. The normalized spacial score (nSPS) is 24.6. The average molecular weight is 295 g/mol. The molecule has 0 aliphatic carbocycles. The molecule has 0 saturated carbocycles. The summed E-state index contributed by atoms with van der Waals surface area (Å²) in [4.78, 5) is 14.4. The summed E-state index contributed by atoms with van der Waals surface area (Å²) in [6.07, 6.45) is 1.32. The Balaban J connectivity index is 1.63. The molecule has 0 bridgehead atoms. The van der Waals surface area contributed by atoms with E-state index in [9.17, 15) is 4.79 Å². The van der Waals surface area contributed by atoms with Crippen LogP contribution in [-0.4, -0.2) is 43.6 Å². The van der Waals surface area contributed by atoms with E-state index in [0.717, 1.165) is 37.4 Å². The van der Waals surface area contributed by atoms with E-state index in [-0.39, 0.29) is 12.0 Å². The highest BCUT2D eigenvalue weighted by Gasteiger charge is 2.35. The van der Waals surface area contributed by atoms with Crippen LogP contribution in [-0.2, 0) is 11.2 Å². The molecule has 1 saturated heterocycles. The largest absolute Gasteiger partial charge is 0.480 e. The fourth-order valence-electron chi connectivity index (χ4n) is 3.05. The Hall–Kier alpha value is -1.26. The number of nitrogens with zero attached hydrogens (tertiary/aromatic N) is 1. The molecule has 2 aliphatic rings. The predicted octanol–water partition coefficient (Wildman–Crippen LogP) is 1.71. The van der Waals surface area contributed by atoms with Gasteiger partial charge in [0, 0.05) is 24.5 Å². The summed E-state index contributed by atoms with van der Waals surface area (Å²) in [7, 11) is 1.95. The monoisotopic (exact) mass is 294 g/mol. The van der Waals surface area contributed by atoms with Gasteiger partial charge in [0.15, 0.2) is 6.10 Å². The molecule has 3 rings (SSSR count). The first-order valence-electron chi connectivity index (χ1n) is 7.06. The molecule has 20 heavy (non-hydrogen) atoms. The third-order valence-corrected chi connectivity index (χ3v) is 4.30. The summed E-state index contributed by atoms with van der Waals surface area (Å²) in [5.41, 5.74) is 1.03. The Bertz CT molecular complexity index is 521. The number of hydrogen-bond acceptors (Lipinski definition) is 3. The first-order chi connectivity index (χ1) is 9.67. The molecule has 1 aromatic carbocycles. The van der Waals surface area contributed by atoms with Gasteiger partial charge in [-0.1, -0.05) is 11.6 Å². The van der Waals surface area contributed by atoms with Crippen LogP contribution in [0.4, 0.5) is 0 Å². The second-order valence-corrected chi connectivity index (χ2v) is 6.00. The van der Waals surface area contributed by atoms with E-state index in [2.05, 4.69) is 5.32 Å². The number of likely N-dealkylation sites (tertiary alicyclic amines) is 1. The van der Waals surface area contributed by atoms with Crippen molar-refractivity contribution < 1.29 is 9.53 Å². The van der Waals surface area contributed by atoms with E-state index in [1.165, 1.54) is 0 Å². The number of halogens is 1. The molecule has 1 amide bonds. The van der Waals surface area contributed by atoms with E-state index in [0.29, 0.717) is 17.4 Å². The zero-order valence-corrected chi connectivity index (χ0v) is 12.3. The summed E-state index contributed by atoms with van der Waals surface area (Å²) >= 11 is 5.97. The van der Waals surface area contributed by atoms with Crippen LogP contribution in [0.1, 0.15) is 12.0 Å². The van der Waals surface area contributed by atoms with Crippen LogP contribution >= 0.6 is 11.6 Å². The highest BCUT2D eigenvalue weighted by molar-refractivity contribution is 6.30. The number of benzene rings is 1. The van der Waals surface area contributed by atoms with Crippen LogP contribution in [0.3, 0.4) is 0 Å². The fourth-order valence-corrected chi connectivity index (χ4v) is 3.24. The average Bonchev–Trinajstić information content (AvgIpc) is 3.04. The standard InChI is InChI=1S/C15H19ClN2O2/c1-17-8-10-4-5-18(9-10)15(19)14-7-11-6-12(16)2-3-13(11)20-14/h2-3,6,10,14,17H,4-5,7-9H2,1H3. The molecule has 2 aliphatic heterocycles. The smallest absolute Gasteiger partial charge is 0.264 e. The Morgan fingerprint density at radius 2 is 2.40 bits per heavy atom. The fraction of sp³-hybridized carbons (Fsp3) is 0.533. The van der Waals surface area contributed by atoms with Gasteiger partial charge in [-0.15, -0.1) is 0 Å². The second kappa shape index (κ2) is 5.62. The number of hydrogen-bond donors (Lipinski definition) is 1. The Morgan fingerprint density at radius 1 is 1.55 bits per heavy atom. The van der Waals surface area contributed by atoms with Crippen LogP contribution < -0.4 is 10.1 Å². The van der Waals surface area contributed by atoms with Crippen LogP contribution in [0.5, 0.6) is 5.75 Å². The molecule has 1 aromatic rings. The van der Waals surface area contributed by atoms with Crippen LogP contribution in [0.15, 0.2) is 18.2 Å². The van der Waals surface area contributed by atoms with Crippen molar-refractivity contribution in [3.8, 4) is 5.75 Å². The van der Waals surface area contributed by atoms with Crippen molar-refractivity contribution in [2.45, 2.75) is 18.9 Å². The van der Waals surface area contributed by atoms with Gasteiger partial charge in [0.2, 0.25) is 0 Å². The van der Waals surface area contributed by atoms with E-state index in [4.69, 9.17) is 16.3 Å². The quantitative estimate of drug-likeness (QED) is 0.923. The minimum absolute atomic E-state index is 0.107. The SMILES string of the molecule is CNCC1CCN(C(=O)C2Cc3cc(Cl)ccc3O2)C1. The maximum Gasteiger partial charge on any atom is 0.264 e. The lowest BCUT2D eigenvalue weighted by atomic mass is 10.1. The lowest BCUT2D eigenvalue weighted by molar-refractivity contribution is -0.136. The minimum Gasteiger partial charge on any atom is -0.480 e. The topological polar surface area (TPSA) is 41.6 Å². The van der Waals surface area contributed by atoms with Crippen molar-refractivity contribution in [2.24, 2.45) is 5.92 Å². The first kappa shape index (κ1) is 13.7. The minimum atomic E-state index is -0.378. The van der Waals surface area contributed by atoms with Crippen LogP contribution in [0, 0.1) is 5.92 Å². The van der Waals surface area contributed by atoms with Gasteiger partial charge in [-0.3, -0.25) is 4.79 Å². The van der Waals surface area contributed by atoms with E-state index in [1.54, 1.807) is 6.07 Å². The Kier molecular flexibility index (Phi) is 3.85. The van der Waals surface area contributed by atoms with Crippen LogP contribution in [0.25, 0.3) is 0 Å². The highest BCUT2D eigenvalue weighted by atomic mass is 35.5. The molecule has 4 nitrogen and oxygen atoms in total. The summed E-state index contributed by atoms with van der Waals surface area (Å²) in [5.74, 6) is 1.46. The van der Waals surface area contributed by atoms with Gasteiger partial charge in [0.25, 0.3) is 5.91 Å². The second-order valence-electron chi connectivity index (χ2n) is 5.56. The van der Waals surface area contributed by atoms with Crippen molar-refractivity contribution in [1.29, 1.82) is 0 Å². The van der Waals surface area contributed by atoms with Crippen molar-refractivity contribution in [3.63, 3.8) is 0 Å². The molecular formula is C15H19ClN2O2. The van der Waals surface area contributed by atoms with Gasteiger partial charge >= 0.3 is 0 Å². The highest BCUT2D eigenvalue weighted by Crippen LogP contribution is 2.32. The summed E-state index contributed by atoms with van der Waals surface area (Å²) in [6.45, 7) is 2.63. The van der Waals surface area contributed by atoms with Gasteiger partial charge in [-0.05, 0) is 49.7 Å². The lowest BCUT2D eigenvalue weighted by Gasteiger charge is -2.20. The maximum atomic E-state index is 12.5. The molecule has 1 fully saturated rings. The number of rotatable bonds is 3. The Labute approximate surface area is 124 Å². The van der Waals surface area contributed by atoms with Crippen molar-refractivity contribution in [1.82, 2.24) is 10.2 Å². The maximum absolute atomic E-state index is 12.5.